The summed E-state index contributed by atoms with van der Waals surface area (Å²) in [7, 11) is 1.68. The van der Waals surface area contributed by atoms with Crippen molar-refractivity contribution in [1.82, 2.24) is 0 Å². The first-order valence-electron chi connectivity index (χ1n) is 5.73. The highest BCUT2D eigenvalue weighted by Gasteiger charge is 2.01. The molecule has 2 aromatic carbocycles. The topological polar surface area (TPSA) is 35.2 Å². The number of methoxy groups -OCH3 is 1. The van der Waals surface area contributed by atoms with Crippen LogP contribution >= 0.6 is 0 Å². The van der Waals surface area contributed by atoms with E-state index in [9.17, 15) is 0 Å². The van der Waals surface area contributed by atoms with Crippen molar-refractivity contribution in [3.05, 3.63) is 65.2 Å². The van der Waals surface area contributed by atoms with E-state index in [0.717, 1.165) is 12.2 Å². The zero-order valence-corrected chi connectivity index (χ0v) is 10.0. The first-order valence-corrected chi connectivity index (χ1v) is 5.73. The molecule has 0 aliphatic carbocycles. The van der Waals surface area contributed by atoms with E-state index in [1.165, 1.54) is 16.7 Å². The van der Waals surface area contributed by atoms with E-state index in [0.29, 0.717) is 6.54 Å². The predicted octanol–water partition coefficient (Wildman–Crippen LogP) is 2.74. The van der Waals surface area contributed by atoms with E-state index in [2.05, 4.69) is 30.3 Å². The molecule has 0 aliphatic rings. The molecule has 17 heavy (non-hydrogen) atoms. The monoisotopic (exact) mass is 227 g/mol. The lowest BCUT2D eigenvalue weighted by atomic mass is 10.00. The molecule has 2 heteroatoms. The summed E-state index contributed by atoms with van der Waals surface area (Å²) in [6.07, 6.45) is 0.914. The maximum absolute atomic E-state index is 5.73. The highest BCUT2D eigenvalue weighted by atomic mass is 16.5. The maximum atomic E-state index is 5.73. The van der Waals surface area contributed by atoms with Crippen LogP contribution in [0.2, 0.25) is 0 Å². The van der Waals surface area contributed by atoms with Crippen LogP contribution in [0.15, 0.2) is 48.5 Å². The fourth-order valence-corrected chi connectivity index (χ4v) is 1.89. The first kappa shape index (κ1) is 11.7. The smallest absolute Gasteiger partial charge is 0.118 e. The Bertz CT molecular complexity index is 477. The van der Waals surface area contributed by atoms with Gasteiger partial charge in [0.2, 0.25) is 0 Å². The highest BCUT2D eigenvalue weighted by molar-refractivity contribution is 5.35. The van der Waals surface area contributed by atoms with Crippen LogP contribution in [-0.4, -0.2) is 7.11 Å². The molecule has 0 radical (unpaired) electrons. The molecule has 0 aliphatic heterocycles. The van der Waals surface area contributed by atoms with Crippen LogP contribution in [0.5, 0.6) is 5.75 Å². The van der Waals surface area contributed by atoms with Crippen LogP contribution in [0, 0.1) is 0 Å². The predicted molar refractivity (Wildman–Crippen MR) is 70.1 cm³/mol. The van der Waals surface area contributed by atoms with E-state index in [4.69, 9.17) is 10.5 Å². The summed E-state index contributed by atoms with van der Waals surface area (Å²) in [4.78, 5) is 0. The van der Waals surface area contributed by atoms with Crippen molar-refractivity contribution in [2.45, 2.75) is 13.0 Å². The molecule has 88 valence electrons. The number of nitrogens with two attached hydrogens (primary N) is 1. The lowest BCUT2D eigenvalue weighted by Crippen LogP contribution is -2.01. The summed E-state index contributed by atoms with van der Waals surface area (Å²) >= 11 is 0. The van der Waals surface area contributed by atoms with Gasteiger partial charge in [0.1, 0.15) is 5.75 Å². The zero-order chi connectivity index (χ0) is 12.1. The van der Waals surface area contributed by atoms with Crippen LogP contribution in [0.3, 0.4) is 0 Å². The Labute approximate surface area is 102 Å². The standard InChI is InChI=1S/C15H17NO/c1-17-15-8-6-12(7-9-15)10-13-4-2-3-5-14(13)11-16/h2-9H,10-11,16H2,1H3. The van der Waals surface area contributed by atoms with Crippen molar-refractivity contribution in [3.8, 4) is 5.75 Å². The minimum Gasteiger partial charge on any atom is -0.497 e. The summed E-state index contributed by atoms with van der Waals surface area (Å²) in [5, 5.41) is 0. The third kappa shape index (κ3) is 2.86. The summed E-state index contributed by atoms with van der Waals surface area (Å²) in [6, 6.07) is 16.4. The molecule has 2 N–H and O–H groups in total. The Morgan fingerprint density at radius 2 is 1.59 bits per heavy atom. The molecule has 0 saturated carbocycles. The summed E-state index contributed by atoms with van der Waals surface area (Å²) in [5.74, 6) is 0.890. The number of ether oxygens (including phenoxy) is 1. The van der Waals surface area contributed by atoms with Gasteiger partial charge in [0.25, 0.3) is 0 Å². The van der Waals surface area contributed by atoms with E-state index >= 15 is 0 Å². The summed E-state index contributed by atoms with van der Waals surface area (Å²) in [5.41, 5.74) is 9.50. The van der Waals surface area contributed by atoms with Gasteiger partial charge in [0.15, 0.2) is 0 Å². The van der Waals surface area contributed by atoms with E-state index in [1.54, 1.807) is 7.11 Å². The molecular formula is C15H17NO. The molecule has 2 aromatic rings. The van der Waals surface area contributed by atoms with Gasteiger partial charge in [0.05, 0.1) is 7.11 Å². The third-order valence-electron chi connectivity index (χ3n) is 2.89. The lowest BCUT2D eigenvalue weighted by molar-refractivity contribution is 0.414. The van der Waals surface area contributed by atoms with Crippen LogP contribution in [0.25, 0.3) is 0 Å². The molecule has 0 heterocycles. The fourth-order valence-electron chi connectivity index (χ4n) is 1.89. The molecule has 0 spiro atoms. The molecule has 0 atom stereocenters. The highest BCUT2D eigenvalue weighted by Crippen LogP contribution is 2.17. The zero-order valence-electron chi connectivity index (χ0n) is 10.0. The van der Waals surface area contributed by atoms with Crippen LogP contribution in [0.1, 0.15) is 16.7 Å². The van der Waals surface area contributed by atoms with Crippen molar-refractivity contribution in [2.75, 3.05) is 7.11 Å². The molecular weight excluding hydrogens is 210 g/mol. The van der Waals surface area contributed by atoms with Crippen molar-refractivity contribution < 1.29 is 4.74 Å². The second-order valence-corrected chi connectivity index (χ2v) is 4.00. The van der Waals surface area contributed by atoms with E-state index in [-0.39, 0.29) is 0 Å². The first-order chi connectivity index (χ1) is 8.33. The van der Waals surface area contributed by atoms with Gasteiger partial charge >= 0.3 is 0 Å². The van der Waals surface area contributed by atoms with Gasteiger partial charge in [0, 0.05) is 6.54 Å². The number of benzene rings is 2. The van der Waals surface area contributed by atoms with Crippen molar-refractivity contribution in [2.24, 2.45) is 5.73 Å². The Morgan fingerprint density at radius 3 is 2.18 bits per heavy atom. The SMILES string of the molecule is COc1ccc(Cc2ccccc2CN)cc1. The van der Waals surface area contributed by atoms with Gasteiger partial charge in [-0.05, 0) is 35.2 Å². The molecule has 0 unspecified atom stereocenters. The van der Waals surface area contributed by atoms with Crippen LogP contribution in [-0.2, 0) is 13.0 Å². The normalized spacial score (nSPS) is 10.2. The summed E-state index contributed by atoms with van der Waals surface area (Å²) in [6.45, 7) is 0.590. The largest absolute Gasteiger partial charge is 0.497 e. The molecule has 0 fully saturated rings. The van der Waals surface area contributed by atoms with E-state index < -0.39 is 0 Å². The minimum absolute atomic E-state index is 0.590. The van der Waals surface area contributed by atoms with Gasteiger partial charge in [-0.3, -0.25) is 0 Å². The average Bonchev–Trinajstić information content (AvgIpc) is 2.40. The Kier molecular flexibility index (Phi) is 3.78. The van der Waals surface area contributed by atoms with Gasteiger partial charge in [-0.15, -0.1) is 0 Å². The Balaban J connectivity index is 2.19. The number of hydrogen-bond donors (Lipinski definition) is 1. The molecule has 0 amide bonds. The molecule has 0 aromatic heterocycles. The van der Waals surface area contributed by atoms with Crippen molar-refractivity contribution in [1.29, 1.82) is 0 Å². The molecule has 0 bridgehead atoms. The Hall–Kier alpha value is -1.80. The second kappa shape index (κ2) is 5.51. The number of hydrogen-bond acceptors (Lipinski definition) is 2. The summed E-state index contributed by atoms with van der Waals surface area (Å²) < 4.78 is 5.14. The number of rotatable bonds is 4. The quantitative estimate of drug-likeness (QED) is 0.871. The molecule has 2 rings (SSSR count). The van der Waals surface area contributed by atoms with Crippen LogP contribution < -0.4 is 10.5 Å². The van der Waals surface area contributed by atoms with Gasteiger partial charge < -0.3 is 10.5 Å². The van der Waals surface area contributed by atoms with Crippen molar-refractivity contribution >= 4 is 0 Å². The fraction of sp³-hybridized carbons (Fsp3) is 0.200. The third-order valence-corrected chi connectivity index (χ3v) is 2.89. The average molecular weight is 227 g/mol. The Morgan fingerprint density at radius 1 is 0.941 bits per heavy atom. The molecule has 2 nitrogen and oxygen atoms in total. The second-order valence-electron chi connectivity index (χ2n) is 4.00. The van der Waals surface area contributed by atoms with Crippen LogP contribution in [0.4, 0.5) is 0 Å². The molecule has 0 saturated heterocycles. The van der Waals surface area contributed by atoms with E-state index in [1.807, 2.05) is 18.2 Å². The van der Waals surface area contributed by atoms with Gasteiger partial charge in [-0.2, -0.15) is 0 Å². The maximum Gasteiger partial charge on any atom is 0.118 e. The van der Waals surface area contributed by atoms with Gasteiger partial charge in [-0.25, -0.2) is 0 Å². The van der Waals surface area contributed by atoms with Gasteiger partial charge in [-0.1, -0.05) is 36.4 Å². The minimum atomic E-state index is 0.590. The van der Waals surface area contributed by atoms with Crippen molar-refractivity contribution in [3.63, 3.8) is 0 Å². The lowest BCUT2D eigenvalue weighted by Gasteiger charge is -2.08.